The van der Waals surface area contributed by atoms with E-state index in [0.717, 1.165) is 11.3 Å². The highest BCUT2D eigenvalue weighted by Gasteiger charge is 2.40. The molecule has 1 saturated heterocycles. The van der Waals surface area contributed by atoms with Crippen molar-refractivity contribution in [2.75, 3.05) is 29.4 Å². The SMILES string of the molecule is CCC(CC)(C(=O)O)c1nccc(N2CCN(c3nc4cccnc4o3)[C@@H](C)C2)n1. The average Bonchev–Trinajstić information content (AvgIpc) is 3.19. The van der Waals surface area contributed by atoms with E-state index in [1.165, 1.54) is 0 Å². The summed E-state index contributed by atoms with van der Waals surface area (Å²) in [6, 6.07) is 6.27. The molecule has 3 aromatic rings. The maximum atomic E-state index is 12.0. The zero-order chi connectivity index (χ0) is 21.3. The Bertz CT molecular complexity index is 1010. The van der Waals surface area contributed by atoms with E-state index in [4.69, 9.17) is 4.42 Å². The molecule has 1 aliphatic heterocycles. The van der Waals surface area contributed by atoms with E-state index >= 15 is 0 Å². The highest BCUT2D eigenvalue weighted by Crippen LogP contribution is 2.31. The first-order chi connectivity index (χ1) is 14.5. The number of carboxylic acids is 1. The van der Waals surface area contributed by atoms with Crippen molar-refractivity contribution in [1.29, 1.82) is 0 Å². The number of carbonyl (C=O) groups is 1. The molecular weight excluding hydrogens is 384 g/mol. The zero-order valence-electron chi connectivity index (χ0n) is 17.4. The summed E-state index contributed by atoms with van der Waals surface area (Å²) in [7, 11) is 0. The molecule has 1 fully saturated rings. The molecule has 3 aromatic heterocycles. The first kappa shape index (κ1) is 20.1. The molecule has 1 N–H and O–H groups in total. The molecule has 1 aliphatic rings. The standard InChI is InChI=1S/C21H26N6O3/c1-4-21(5-2,19(28)29)18-23-10-8-16(25-18)26-11-12-27(14(3)13-26)20-24-15-7-6-9-22-17(15)30-20/h6-10,14H,4-5,11-13H2,1-3H3,(H,28,29)/t14-/m0/s1. The molecule has 0 aromatic carbocycles. The maximum Gasteiger partial charge on any atom is 0.317 e. The van der Waals surface area contributed by atoms with Crippen LogP contribution in [0.3, 0.4) is 0 Å². The summed E-state index contributed by atoms with van der Waals surface area (Å²) >= 11 is 0. The van der Waals surface area contributed by atoms with Crippen LogP contribution in [0.1, 0.15) is 39.4 Å². The monoisotopic (exact) mass is 410 g/mol. The lowest BCUT2D eigenvalue weighted by atomic mass is 9.81. The fourth-order valence-electron chi connectivity index (χ4n) is 4.05. The van der Waals surface area contributed by atoms with Crippen LogP contribution in [0.2, 0.25) is 0 Å². The lowest BCUT2D eigenvalue weighted by Gasteiger charge is -2.39. The lowest BCUT2D eigenvalue weighted by molar-refractivity contribution is -0.144. The summed E-state index contributed by atoms with van der Waals surface area (Å²) in [4.78, 5) is 34.0. The molecule has 30 heavy (non-hydrogen) atoms. The van der Waals surface area contributed by atoms with Crippen LogP contribution in [0, 0.1) is 0 Å². The number of oxazole rings is 1. The Morgan fingerprint density at radius 1 is 1.20 bits per heavy atom. The van der Waals surface area contributed by atoms with Gasteiger partial charge in [0.1, 0.15) is 22.6 Å². The smallest absolute Gasteiger partial charge is 0.317 e. The van der Waals surface area contributed by atoms with Crippen LogP contribution >= 0.6 is 0 Å². The van der Waals surface area contributed by atoms with E-state index in [2.05, 4.69) is 36.7 Å². The van der Waals surface area contributed by atoms with Gasteiger partial charge in [0.25, 0.3) is 6.01 Å². The molecule has 0 radical (unpaired) electrons. The fourth-order valence-corrected chi connectivity index (χ4v) is 4.05. The number of aliphatic carboxylic acids is 1. The minimum atomic E-state index is -1.06. The number of fused-ring (bicyclic) bond motifs is 1. The van der Waals surface area contributed by atoms with Crippen LogP contribution in [0.4, 0.5) is 11.8 Å². The summed E-state index contributed by atoms with van der Waals surface area (Å²) in [6.07, 6.45) is 4.23. The number of hydrogen-bond donors (Lipinski definition) is 1. The second kappa shape index (κ2) is 7.89. The zero-order valence-corrected chi connectivity index (χ0v) is 17.4. The van der Waals surface area contributed by atoms with Crippen molar-refractivity contribution < 1.29 is 14.3 Å². The van der Waals surface area contributed by atoms with Gasteiger partial charge in [-0.3, -0.25) is 4.79 Å². The molecule has 1 atom stereocenters. The van der Waals surface area contributed by atoms with Gasteiger partial charge in [0.2, 0.25) is 5.71 Å². The van der Waals surface area contributed by atoms with Gasteiger partial charge in [0, 0.05) is 38.1 Å². The number of nitrogens with zero attached hydrogens (tertiary/aromatic N) is 6. The summed E-state index contributed by atoms with van der Waals surface area (Å²) < 4.78 is 5.83. The van der Waals surface area contributed by atoms with Crippen molar-refractivity contribution in [2.24, 2.45) is 0 Å². The fraction of sp³-hybridized carbons (Fsp3) is 0.476. The van der Waals surface area contributed by atoms with Crippen molar-refractivity contribution in [3.63, 3.8) is 0 Å². The van der Waals surface area contributed by atoms with E-state index in [1.54, 1.807) is 12.4 Å². The third kappa shape index (κ3) is 3.34. The van der Waals surface area contributed by atoms with Gasteiger partial charge in [-0.05, 0) is 38.0 Å². The number of piperazine rings is 1. The Morgan fingerprint density at radius 2 is 2.00 bits per heavy atom. The predicted octanol–water partition coefficient (Wildman–Crippen LogP) is 2.87. The predicted molar refractivity (Wildman–Crippen MR) is 113 cm³/mol. The number of hydrogen-bond acceptors (Lipinski definition) is 8. The average molecular weight is 410 g/mol. The van der Waals surface area contributed by atoms with Gasteiger partial charge >= 0.3 is 5.97 Å². The second-order valence-corrected chi connectivity index (χ2v) is 7.65. The van der Waals surface area contributed by atoms with Crippen molar-refractivity contribution in [1.82, 2.24) is 19.9 Å². The van der Waals surface area contributed by atoms with Gasteiger partial charge in [0.05, 0.1) is 0 Å². The van der Waals surface area contributed by atoms with Crippen LogP contribution in [0.15, 0.2) is 35.0 Å². The largest absolute Gasteiger partial charge is 0.480 e. The minimum Gasteiger partial charge on any atom is -0.480 e. The second-order valence-electron chi connectivity index (χ2n) is 7.65. The van der Waals surface area contributed by atoms with Crippen molar-refractivity contribution in [2.45, 2.75) is 45.1 Å². The van der Waals surface area contributed by atoms with Crippen molar-refractivity contribution >= 4 is 29.0 Å². The normalized spacial score (nSPS) is 17.5. The molecule has 158 valence electrons. The quantitative estimate of drug-likeness (QED) is 0.656. The molecule has 0 aliphatic carbocycles. The molecular formula is C21H26N6O3. The number of aromatic nitrogens is 4. The van der Waals surface area contributed by atoms with Gasteiger partial charge in [-0.2, -0.15) is 4.98 Å². The highest BCUT2D eigenvalue weighted by atomic mass is 16.4. The van der Waals surface area contributed by atoms with E-state index in [0.29, 0.717) is 50.0 Å². The van der Waals surface area contributed by atoms with Gasteiger partial charge in [-0.15, -0.1) is 0 Å². The molecule has 0 spiro atoms. The number of pyridine rings is 1. The first-order valence-corrected chi connectivity index (χ1v) is 10.3. The van der Waals surface area contributed by atoms with Crippen LogP contribution in [0.5, 0.6) is 0 Å². The Hall–Kier alpha value is -3.23. The highest BCUT2D eigenvalue weighted by molar-refractivity contribution is 5.80. The van der Waals surface area contributed by atoms with Gasteiger partial charge in [-0.25, -0.2) is 15.0 Å². The third-order valence-corrected chi connectivity index (χ3v) is 6.04. The van der Waals surface area contributed by atoms with Crippen LogP contribution in [0.25, 0.3) is 11.2 Å². The molecule has 4 heterocycles. The van der Waals surface area contributed by atoms with E-state index in [-0.39, 0.29) is 6.04 Å². The molecule has 0 saturated carbocycles. The summed E-state index contributed by atoms with van der Waals surface area (Å²) in [5.74, 6) is 0.239. The van der Waals surface area contributed by atoms with E-state index in [1.807, 2.05) is 32.0 Å². The van der Waals surface area contributed by atoms with Gasteiger partial charge in [-0.1, -0.05) is 13.8 Å². The van der Waals surface area contributed by atoms with Crippen LogP contribution in [-0.4, -0.2) is 56.7 Å². The first-order valence-electron chi connectivity index (χ1n) is 10.3. The molecule has 4 rings (SSSR count). The molecule has 0 bridgehead atoms. The number of anilines is 2. The number of rotatable bonds is 6. The summed E-state index contributed by atoms with van der Waals surface area (Å²) in [6.45, 7) is 7.97. The van der Waals surface area contributed by atoms with Crippen molar-refractivity contribution in [3.8, 4) is 0 Å². The lowest BCUT2D eigenvalue weighted by Crippen LogP contribution is -2.52. The Balaban J connectivity index is 1.55. The van der Waals surface area contributed by atoms with Crippen LogP contribution in [-0.2, 0) is 10.2 Å². The third-order valence-electron chi connectivity index (χ3n) is 6.04. The van der Waals surface area contributed by atoms with Crippen molar-refractivity contribution in [3.05, 3.63) is 36.4 Å². The minimum absolute atomic E-state index is 0.131. The molecule has 9 heteroatoms. The topological polar surface area (TPSA) is 108 Å². The Labute approximate surface area is 174 Å². The maximum absolute atomic E-state index is 12.0. The van der Waals surface area contributed by atoms with Gasteiger partial charge in [0.15, 0.2) is 0 Å². The molecule has 9 nitrogen and oxygen atoms in total. The molecule has 0 unspecified atom stereocenters. The van der Waals surface area contributed by atoms with E-state index < -0.39 is 11.4 Å². The number of carboxylic acid groups (broad SMARTS) is 1. The molecule has 0 amide bonds. The van der Waals surface area contributed by atoms with E-state index in [9.17, 15) is 9.90 Å². The summed E-state index contributed by atoms with van der Waals surface area (Å²) in [5.41, 5.74) is 0.215. The van der Waals surface area contributed by atoms with Crippen LogP contribution < -0.4 is 9.80 Å². The van der Waals surface area contributed by atoms with Gasteiger partial charge < -0.3 is 19.3 Å². The Morgan fingerprint density at radius 3 is 2.67 bits per heavy atom. The summed E-state index contributed by atoms with van der Waals surface area (Å²) in [5, 5.41) is 9.82. The Kier molecular flexibility index (Phi) is 5.27.